The van der Waals surface area contributed by atoms with E-state index in [1.165, 1.54) is 29.6 Å². The third-order valence-electron chi connectivity index (χ3n) is 4.56. The van der Waals surface area contributed by atoms with E-state index in [9.17, 15) is 13.2 Å². The van der Waals surface area contributed by atoms with Crippen molar-refractivity contribution in [3.05, 3.63) is 52.5 Å². The molecule has 0 aliphatic carbocycles. The fraction of sp³-hybridized carbons (Fsp3) is 0.316. The topological polar surface area (TPSA) is 75.7 Å². The maximum absolute atomic E-state index is 12.9. The molecule has 1 heterocycles. The van der Waals surface area contributed by atoms with Crippen LogP contribution in [0, 0.1) is 6.92 Å². The number of sulfonamides is 1. The highest BCUT2D eigenvalue weighted by Crippen LogP contribution is 2.30. The third-order valence-corrected chi connectivity index (χ3v) is 6.71. The number of ether oxygens (including phenoxy) is 1. The summed E-state index contributed by atoms with van der Waals surface area (Å²) in [6, 6.07) is 9.59. The van der Waals surface area contributed by atoms with Crippen LogP contribution in [-0.2, 0) is 10.0 Å². The lowest BCUT2D eigenvalue weighted by Gasteiger charge is -2.18. The summed E-state index contributed by atoms with van der Waals surface area (Å²) in [5, 5.41) is 3.28. The Morgan fingerprint density at radius 1 is 1.15 bits per heavy atom. The molecule has 1 aliphatic heterocycles. The van der Waals surface area contributed by atoms with Crippen LogP contribution < -0.4 is 10.1 Å². The van der Waals surface area contributed by atoms with Gasteiger partial charge >= 0.3 is 0 Å². The Bertz CT molecular complexity index is 970. The van der Waals surface area contributed by atoms with E-state index in [0.29, 0.717) is 23.8 Å². The third kappa shape index (κ3) is 4.10. The number of hydrogen-bond acceptors (Lipinski definition) is 4. The van der Waals surface area contributed by atoms with Crippen LogP contribution in [0.3, 0.4) is 0 Å². The van der Waals surface area contributed by atoms with Gasteiger partial charge in [-0.05, 0) is 55.7 Å². The zero-order valence-corrected chi connectivity index (χ0v) is 16.7. The normalized spacial score (nSPS) is 14.9. The molecule has 0 saturated carbocycles. The van der Waals surface area contributed by atoms with Crippen LogP contribution in [0.5, 0.6) is 5.75 Å². The van der Waals surface area contributed by atoms with E-state index < -0.39 is 15.9 Å². The Morgan fingerprint density at radius 2 is 1.85 bits per heavy atom. The molecule has 0 aromatic heterocycles. The zero-order valence-electron chi connectivity index (χ0n) is 15.2. The highest BCUT2D eigenvalue weighted by atomic mass is 35.5. The van der Waals surface area contributed by atoms with E-state index in [0.717, 1.165) is 18.4 Å². The van der Waals surface area contributed by atoms with Crippen molar-refractivity contribution in [3.8, 4) is 5.75 Å². The number of carbonyl (C=O) groups is 1. The zero-order chi connectivity index (χ0) is 19.6. The van der Waals surface area contributed by atoms with Gasteiger partial charge in [-0.1, -0.05) is 17.7 Å². The quantitative estimate of drug-likeness (QED) is 0.818. The minimum atomic E-state index is -3.72. The van der Waals surface area contributed by atoms with E-state index in [-0.39, 0.29) is 16.2 Å². The Kier molecular flexibility index (Phi) is 5.74. The van der Waals surface area contributed by atoms with Crippen molar-refractivity contribution < 1.29 is 17.9 Å². The van der Waals surface area contributed by atoms with Gasteiger partial charge in [-0.3, -0.25) is 4.79 Å². The Morgan fingerprint density at radius 3 is 2.52 bits per heavy atom. The molecule has 0 spiro atoms. The Balaban J connectivity index is 1.95. The van der Waals surface area contributed by atoms with Crippen LogP contribution >= 0.6 is 11.6 Å². The molecule has 0 bridgehead atoms. The average Bonchev–Trinajstić information content (AvgIpc) is 3.19. The molecule has 1 fully saturated rings. The first-order chi connectivity index (χ1) is 12.8. The van der Waals surface area contributed by atoms with Gasteiger partial charge in [-0.2, -0.15) is 4.31 Å². The standard InChI is InChI=1S/C19H21ClN2O4S/c1-13-5-7-15(20)12-16(13)21-19(23)14-6-8-17(26-2)18(11-14)27(24,25)22-9-3-4-10-22/h5-8,11-12H,3-4,9-10H2,1-2H3,(H,21,23). The number of anilines is 1. The van der Waals surface area contributed by atoms with Gasteiger partial charge < -0.3 is 10.1 Å². The van der Waals surface area contributed by atoms with Gasteiger partial charge in [0, 0.05) is 29.4 Å². The molecule has 0 unspecified atom stereocenters. The highest BCUT2D eigenvalue weighted by Gasteiger charge is 2.30. The van der Waals surface area contributed by atoms with Crippen LogP contribution in [0.2, 0.25) is 5.02 Å². The molecule has 1 aliphatic rings. The number of nitrogens with one attached hydrogen (secondary N) is 1. The second-order valence-electron chi connectivity index (χ2n) is 6.39. The van der Waals surface area contributed by atoms with Crippen LogP contribution in [0.1, 0.15) is 28.8 Å². The number of carbonyl (C=O) groups excluding carboxylic acids is 1. The van der Waals surface area contributed by atoms with E-state index in [1.54, 1.807) is 18.2 Å². The summed E-state index contributed by atoms with van der Waals surface area (Å²) in [4.78, 5) is 12.7. The predicted molar refractivity (Wildman–Crippen MR) is 105 cm³/mol. The summed E-state index contributed by atoms with van der Waals surface area (Å²) in [6.45, 7) is 2.80. The van der Waals surface area contributed by atoms with Crippen molar-refractivity contribution in [2.45, 2.75) is 24.7 Å². The molecule has 1 amide bonds. The minimum absolute atomic E-state index is 0.00219. The smallest absolute Gasteiger partial charge is 0.255 e. The molecule has 0 radical (unpaired) electrons. The largest absolute Gasteiger partial charge is 0.495 e. The highest BCUT2D eigenvalue weighted by molar-refractivity contribution is 7.89. The van der Waals surface area contributed by atoms with Crippen LogP contribution in [0.15, 0.2) is 41.3 Å². The number of hydrogen-bond donors (Lipinski definition) is 1. The number of methoxy groups -OCH3 is 1. The van der Waals surface area contributed by atoms with Crippen molar-refractivity contribution in [2.24, 2.45) is 0 Å². The minimum Gasteiger partial charge on any atom is -0.495 e. The molecule has 2 aromatic rings. The molecule has 27 heavy (non-hydrogen) atoms. The molecule has 1 saturated heterocycles. The summed E-state index contributed by atoms with van der Waals surface area (Å²) in [6.07, 6.45) is 1.66. The molecule has 6 nitrogen and oxygen atoms in total. The molecule has 1 N–H and O–H groups in total. The van der Waals surface area contributed by atoms with Crippen molar-refractivity contribution in [1.29, 1.82) is 0 Å². The maximum atomic E-state index is 12.9. The first kappa shape index (κ1) is 19.7. The molecular formula is C19H21ClN2O4S. The van der Waals surface area contributed by atoms with Crippen molar-refractivity contribution in [2.75, 3.05) is 25.5 Å². The summed E-state index contributed by atoms with van der Waals surface area (Å²) >= 11 is 5.99. The SMILES string of the molecule is COc1ccc(C(=O)Nc2cc(Cl)ccc2C)cc1S(=O)(=O)N1CCCC1. The number of nitrogens with zero attached hydrogens (tertiary/aromatic N) is 1. The Hall–Kier alpha value is -2.09. The second-order valence-corrected chi connectivity index (χ2v) is 8.73. The molecule has 0 atom stereocenters. The van der Waals surface area contributed by atoms with E-state index >= 15 is 0 Å². The number of amides is 1. The maximum Gasteiger partial charge on any atom is 0.255 e. The first-order valence-electron chi connectivity index (χ1n) is 8.58. The van der Waals surface area contributed by atoms with Crippen LogP contribution in [0.25, 0.3) is 0 Å². The van der Waals surface area contributed by atoms with Gasteiger partial charge in [0.2, 0.25) is 10.0 Å². The second kappa shape index (κ2) is 7.88. The average molecular weight is 409 g/mol. The van der Waals surface area contributed by atoms with Gasteiger partial charge in [0.25, 0.3) is 5.91 Å². The lowest BCUT2D eigenvalue weighted by atomic mass is 10.1. The predicted octanol–water partition coefficient (Wildman–Crippen LogP) is 3.69. The first-order valence-corrected chi connectivity index (χ1v) is 10.4. The molecule has 8 heteroatoms. The van der Waals surface area contributed by atoms with E-state index in [1.807, 2.05) is 6.92 Å². The molecule has 144 valence electrons. The molecule has 2 aromatic carbocycles. The fourth-order valence-corrected chi connectivity index (χ4v) is 4.88. The van der Waals surface area contributed by atoms with Crippen molar-refractivity contribution >= 4 is 33.2 Å². The fourth-order valence-electron chi connectivity index (χ4n) is 3.01. The molecular weight excluding hydrogens is 388 g/mol. The number of aryl methyl sites for hydroxylation is 1. The van der Waals surface area contributed by atoms with Gasteiger partial charge in [0.15, 0.2) is 0 Å². The van der Waals surface area contributed by atoms with E-state index in [2.05, 4.69) is 5.32 Å². The number of rotatable bonds is 5. The molecule has 3 rings (SSSR count). The van der Waals surface area contributed by atoms with Crippen molar-refractivity contribution in [1.82, 2.24) is 4.31 Å². The summed E-state index contributed by atoms with van der Waals surface area (Å²) in [5.74, 6) is -0.196. The van der Waals surface area contributed by atoms with Crippen molar-refractivity contribution in [3.63, 3.8) is 0 Å². The monoisotopic (exact) mass is 408 g/mol. The van der Waals surface area contributed by atoms with E-state index in [4.69, 9.17) is 16.3 Å². The van der Waals surface area contributed by atoms with Gasteiger partial charge in [-0.25, -0.2) is 8.42 Å². The van der Waals surface area contributed by atoms with Gasteiger partial charge in [0.05, 0.1) is 7.11 Å². The summed E-state index contributed by atoms with van der Waals surface area (Å²) < 4.78 is 32.5. The summed E-state index contributed by atoms with van der Waals surface area (Å²) in [5.41, 5.74) is 1.66. The lowest BCUT2D eigenvalue weighted by Crippen LogP contribution is -2.28. The summed E-state index contributed by atoms with van der Waals surface area (Å²) in [7, 11) is -2.31. The number of benzene rings is 2. The Labute approximate surface area is 164 Å². The number of halogens is 1. The van der Waals surface area contributed by atoms with Gasteiger partial charge in [-0.15, -0.1) is 0 Å². The van der Waals surface area contributed by atoms with Crippen LogP contribution in [-0.4, -0.2) is 38.8 Å². The van der Waals surface area contributed by atoms with Crippen LogP contribution in [0.4, 0.5) is 5.69 Å². The van der Waals surface area contributed by atoms with Gasteiger partial charge in [0.1, 0.15) is 10.6 Å². The lowest BCUT2D eigenvalue weighted by molar-refractivity contribution is 0.102.